The van der Waals surface area contributed by atoms with E-state index in [4.69, 9.17) is 0 Å². The van der Waals surface area contributed by atoms with Gasteiger partial charge in [0.15, 0.2) is 0 Å². The molecule has 0 saturated carbocycles. The number of nitrogens with one attached hydrogen (secondary N) is 1. The highest BCUT2D eigenvalue weighted by Crippen LogP contribution is 2.23. The molecule has 0 unspecified atom stereocenters. The minimum atomic E-state index is -0.269. The van der Waals surface area contributed by atoms with Crippen LogP contribution in [-0.4, -0.2) is 17.2 Å². The lowest BCUT2D eigenvalue weighted by Crippen LogP contribution is -2.17. The Morgan fingerprint density at radius 1 is 1.21 bits per heavy atom. The third kappa shape index (κ3) is 3.66. The fraction of sp³-hybridized carbons (Fsp3) is 0. The zero-order chi connectivity index (χ0) is 13.7. The fourth-order valence-corrected chi connectivity index (χ4v) is 1.82. The van der Waals surface area contributed by atoms with Gasteiger partial charge in [-0.05, 0) is 51.8 Å². The van der Waals surface area contributed by atoms with Crippen molar-refractivity contribution in [1.29, 1.82) is 0 Å². The molecule has 0 aromatic heterocycles. The standard InChI is InChI=1S/C14H11BrN2O2/c15-12-8-10(6-7-13(12)18)9-16-17-14(19)11-4-2-1-3-5-11/h1-9,18H,(H,17,19)/b16-9-. The third-order valence-electron chi connectivity index (χ3n) is 2.39. The molecule has 96 valence electrons. The van der Waals surface area contributed by atoms with E-state index in [-0.39, 0.29) is 11.7 Å². The van der Waals surface area contributed by atoms with Crippen LogP contribution >= 0.6 is 15.9 Å². The lowest BCUT2D eigenvalue weighted by atomic mass is 10.2. The lowest BCUT2D eigenvalue weighted by molar-refractivity contribution is 0.0955. The smallest absolute Gasteiger partial charge is 0.271 e. The Morgan fingerprint density at radius 2 is 1.95 bits per heavy atom. The van der Waals surface area contributed by atoms with Gasteiger partial charge in [-0.3, -0.25) is 4.79 Å². The second-order valence-corrected chi connectivity index (χ2v) is 4.63. The predicted octanol–water partition coefficient (Wildman–Crippen LogP) is 2.92. The number of rotatable bonds is 3. The van der Waals surface area contributed by atoms with Crippen LogP contribution in [-0.2, 0) is 0 Å². The highest BCUT2D eigenvalue weighted by atomic mass is 79.9. The largest absolute Gasteiger partial charge is 0.507 e. The maximum Gasteiger partial charge on any atom is 0.271 e. The van der Waals surface area contributed by atoms with Crippen LogP contribution in [0.4, 0.5) is 0 Å². The van der Waals surface area contributed by atoms with Gasteiger partial charge in [0, 0.05) is 5.56 Å². The molecule has 0 atom stereocenters. The Balaban J connectivity index is 2.00. The van der Waals surface area contributed by atoms with Gasteiger partial charge in [0.1, 0.15) is 5.75 Å². The molecular weight excluding hydrogens is 308 g/mol. The van der Waals surface area contributed by atoms with Crippen molar-refractivity contribution in [3.63, 3.8) is 0 Å². The van der Waals surface area contributed by atoms with Crippen molar-refractivity contribution in [2.75, 3.05) is 0 Å². The van der Waals surface area contributed by atoms with Gasteiger partial charge in [-0.25, -0.2) is 5.43 Å². The molecule has 0 aliphatic heterocycles. The third-order valence-corrected chi connectivity index (χ3v) is 3.02. The van der Waals surface area contributed by atoms with Gasteiger partial charge in [0.25, 0.3) is 5.91 Å². The molecule has 2 aromatic rings. The number of carbonyl (C=O) groups is 1. The molecule has 0 fully saturated rings. The van der Waals surface area contributed by atoms with Gasteiger partial charge in [0.05, 0.1) is 10.7 Å². The number of hydrogen-bond acceptors (Lipinski definition) is 3. The van der Waals surface area contributed by atoms with Crippen molar-refractivity contribution in [3.8, 4) is 5.75 Å². The van der Waals surface area contributed by atoms with Gasteiger partial charge in [-0.2, -0.15) is 5.10 Å². The van der Waals surface area contributed by atoms with Crippen LogP contribution in [0.5, 0.6) is 5.75 Å². The average molecular weight is 319 g/mol. The van der Waals surface area contributed by atoms with E-state index >= 15 is 0 Å². The molecule has 2 aromatic carbocycles. The van der Waals surface area contributed by atoms with Gasteiger partial charge in [-0.1, -0.05) is 18.2 Å². The average Bonchev–Trinajstić information content (AvgIpc) is 2.43. The molecule has 1 amide bonds. The molecule has 4 nitrogen and oxygen atoms in total. The Morgan fingerprint density at radius 3 is 2.63 bits per heavy atom. The summed E-state index contributed by atoms with van der Waals surface area (Å²) in [5.41, 5.74) is 3.74. The van der Waals surface area contributed by atoms with E-state index in [1.54, 1.807) is 42.5 Å². The summed E-state index contributed by atoms with van der Waals surface area (Å²) >= 11 is 3.20. The molecule has 0 heterocycles. The number of hydrazone groups is 1. The van der Waals surface area contributed by atoms with Crippen LogP contribution in [0.2, 0.25) is 0 Å². The van der Waals surface area contributed by atoms with E-state index in [9.17, 15) is 9.90 Å². The van der Waals surface area contributed by atoms with Crippen LogP contribution in [0.15, 0.2) is 58.1 Å². The molecule has 0 bridgehead atoms. The van der Waals surface area contributed by atoms with Crippen LogP contribution in [0.3, 0.4) is 0 Å². The molecule has 0 radical (unpaired) electrons. The molecule has 5 heteroatoms. The number of nitrogens with zero attached hydrogens (tertiary/aromatic N) is 1. The number of halogens is 1. The van der Waals surface area contributed by atoms with Crippen LogP contribution < -0.4 is 5.43 Å². The zero-order valence-corrected chi connectivity index (χ0v) is 11.5. The summed E-state index contributed by atoms with van der Waals surface area (Å²) in [6.45, 7) is 0. The van der Waals surface area contributed by atoms with Crippen molar-refractivity contribution in [1.82, 2.24) is 5.43 Å². The minimum Gasteiger partial charge on any atom is -0.507 e. The fourth-order valence-electron chi connectivity index (χ4n) is 1.42. The second kappa shape index (κ2) is 6.15. The number of phenolic OH excluding ortho intramolecular Hbond substituents is 1. The first-order valence-electron chi connectivity index (χ1n) is 5.54. The molecule has 0 aliphatic carbocycles. The number of carbonyl (C=O) groups excluding carboxylic acids is 1. The minimum absolute atomic E-state index is 0.158. The Bertz CT molecular complexity index is 612. The number of hydrogen-bond donors (Lipinski definition) is 2. The molecule has 0 saturated heterocycles. The lowest BCUT2D eigenvalue weighted by Gasteiger charge is -2.00. The summed E-state index contributed by atoms with van der Waals surface area (Å²) in [6, 6.07) is 13.8. The Kier molecular flexibility index (Phi) is 4.30. The molecule has 19 heavy (non-hydrogen) atoms. The van der Waals surface area contributed by atoms with Crippen LogP contribution in [0, 0.1) is 0 Å². The maximum absolute atomic E-state index is 11.7. The molecule has 2 N–H and O–H groups in total. The van der Waals surface area contributed by atoms with E-state index < -0.39 is 0 Å². The van der Waals surface area contributed by atoms with Crippen LogP contribution in [0.25, 0.3) is 0 Å². The topological polar surface area (TPSA) is 61.7 Å². The quantitative estimate of drug-likeness (QED) is 0.675. The summed E-state index contributed by atoms with van der Waals surface area (Å²) in [5.74, 6) is -0.111. The van der Waals surface area contributed by atoms with Gasteiger partial charge >= 0.3 is 0 Å². The predicted molar refractivity (Wildman–Crippen MR) is 77.3 cm³/mol. The Hall–Kier alpha value is -2.14. The molecule has 0 spiro atoms. The number of benzene rings is 2. The first kappa shape index (κ1) is 13.3. The number of aromatic hydroxyl groups is 1. The van der Waals surface area contributed by atoms with E-state index in [2.05, 4.69) is 26.5 Å². The van der Waals surface area contributed by atoms with Crippen molar-refractivity contribution >= 4 is 28.1 Å². The number of phenols is 1. The normalized spacial score (nSPS) is 10.6. The molecule has 0 aliphatic rings. The van der Waals surface area contributed by atoms with Gasteiger partial charge < -0.3 is 5.11 Å². The highest BCUT2D eigenvalue weighted by molar-refractivity contribution is 9.10. The first-order valence-corrected chi connectivity index (χ1v) is 6.33. The van der Waals surface area contributed by atoms with E-state index in [1.807, 2.05) is 6.07 Å². The zero-order valence-electron chi connectivity index (χ0n) is 9.88. The number of amides is 1. The maximum atomic E-state index is 11.7. The van der Waals surface area contributed by atoms with E-state index in [0.29, 0.717) is 10.0 Å². The van der Waals surface area contributed by atoms with Crippen LogP contribution in [0.1, 0.15) is 15.9 Å². The summed E-state index contributed by atoms with van der Waals surface area (Å²) in [7, 11) is 0. The monoisotopic (exact) mass is 318 g/mol. The Labute approximate surface area is 118 Å². The summed E-state index contributed by atoms with van der Waals surface area (Å²) in [5, 5.41) is 13.2. The van der Waals surface area contributed by atoms with Gasteiger partial charge in [-0.15, -0.1) is 0 Å². The van der Waals surface area contributed by atoms with Crippen molar-refractivity contribution in [3.05, 3.63) is 64.1 Å². The van der Waals surface area contributed by atoms with E-state index in [0.717, 1.165) is 5.56 Å². The van der Waals surface area contributed by atoms with E-state index in [1.165, 1.54) is 6.21 Å². The second-order valence-electron chi connectivity index (χ2n) is 3.78. The molecule has 2 rings (SSSR count). The highest BCUT2D eigenvalue weighted by Gasteiger charge is 2.02. The first-order chi connectivity index (χ1) is 9.16. The van der Waals surface area contributed by atoms with Gasteiger partial charge in [0.2, 0.25) is 0 Å². The van der Waals surface area contributed by atoms with Crippen molar-refractivity contribution in [2.24, 2.45) is 5.10 Å². The molecular formula is C14H11BrN2O2. The summed E-state index contributed by atoms with van der Waals surface area (Å²) in [6.07, 6.45) is 1.50. The van der Waals surface area contributed by atoms with Crippen molar-refractivity contribution in [2.45, 2.75) is 0 Å². The summed E-state index contributed by atoms with van der Waals surface area (Å²) in [4.78, 5) is 11.7. The SMILES string of the molecule is O=C(N/N=C\c1ccc(O)c(Br)c1)c1ccccc1. The van der Waals surface area contributed by atoms with Crippen molar-refractivity contribution < 1.29 is 9.90 Å². The summed E-state index contributed by atoms with van der Waals surface area (Å²) < 4.78 is 0.575.